The van der Waals surface area contributed by atoms with Crippen molar-refractivity contribution in [3.8, 4) is 0 Å². The zero-order valence-corrected chi connectivity index (χ0v) is 8.36. The van der Waals surface area contributed by atoms with E-state index in [1.54, 1.807) is 0 Å². The third-order valence-electron chi connectivity index (χ3n) is 2.58. The minimum atomic E-state index is -0.659. The van der Waals surface area contributed by atoms with E-state index in [0.717, 1.165) is 25.0 Å². The van der Waals surface area contributed by atoms with Crippen LogP contribution < -0.4 is 11.2 Å². The van der Waals surface area contributed by atoms with Crippen molar-refractivity contribution in [2.45, 2.75) is 26.2 Å². The summed E-state index contributed by atoms with van der Waals surface area (Å²) in [5.41, 5.74) is 7.97. The van der Waals surface area contributed by atoms with Crippen molar-refractivity contribution < 1.29 is 9.90 Å². The van der Waals surface area contributed by atoms with Crippen LogP contribution in [0, 0.1) is 11.8 Å². The van der Waals surface area contributed by atoms with Crippen molar-refractivity contribution in [2.75, 3.05) is 6.61 Å². The van der Waals surface area contributed by atoms with Gasteiger partial charge in [-0.15, -0.1) is 0 Å². The molecule has 1 rings (SSSR count). The van der Waals surface area contributed by atoms with Crippen LogP contribution in [-0.4, -0.2) is 23.5 Å². The molecule has 1 saturated carbocycles. The quantitative estimate of drug-likeness (QED) is 0.563. The van der Waals surface area contributed by atoms with Crippen LogP contribution in [0.15, 0.2) is 5.10 Å². The van der Waals surface area contributed by atoms with Gasteiger partial charge >= 0.3 is 6.03 Å². The molecule has 80 valence electrons. The van der Waals surface area contributed by atoms with E-state index in [1.807, 2.05) is 0 Å². The molecule has 2 unspecified atom stereocenters. The number of hydrogen-bond donors (Lipinski definition) is 3. The Morgan fingerprint density at radius 1 is 1.79 bits per heavy atom. The lowest BCUT2D eigenvalue weighted by Crippen LogP contribution is -2.31. The summed E-state index contributed by atoms with van der Waals surface area (Å²) in [7, 11) is 0. The van der Waals surface area contributed by atoms with Gasteiger partial charge in [-0.2, -0.15) is 5.10 Å². The number of aliphatic hydroxyl groups excluding tert-OH is 1. The Labute approximate surface area is 83.4 Å². The minimum absolute atomic E-state index is 0.0746. The molecule has 1 aliphatic rings. The second kappa shape index (κ2) is 4.95. The van der Waals surface area contributed by atoms with Crippen molar-refractivity contribution >= 4 is 11.7 Å². The number of aliphatic hydroxyl groups is 1. The first-order valence-electron chi connectivity index (χ1n) is 4.86. The number of carbonyl (C=O) groups is 1. The molecular weight excluding hydrogens is 182 g/mol. The van der Waals surface area contributed by atoms with Crippen molar-refractivity contribution in [2.24, 2.45) is 22.7 Å². The van der Waals surface area contributed by atoms with Crippen LogP contribution in [0.2, 0.25) is 0 Å². The monoisotopic (exact) mass is 199 g/mol. The Morgan fingerprint density at radius 3 is 3.07 bits per heavy atom. The SMILES string of the molecule is CC1CC/C(=N\NC(N)=O)C(CO)C1. The number of amides is 2. The molecule has 14 heavy (non-hydrogen) atoms. The number of carbonyl (C=O) groups excluding carboxylic acids is 1. The van der Waals surface area contributed by atoms with Crippen LogP contribution in [-0.2, 0) is 0 Å². The van der Waals surface area contributed by atoms with Gasteiger partial charge in [0.25, 0.3) is 0 Å². The predicted molar refractivity (Wildman–Crippen MR) is 53.7 cm³/mol. The molecule has 0 spiro atoms. The lowest BCUT2D eigenvalue weighted by Gasteiger charge is -2.26. The van der Waals surface area contributed by atoms with Crippen LogP contribution in [0.4, 0.5) is 4.79 Å². The van der Waals surface area contributed by atoms with E-state index < -0.39 is 6.03 Å². The van der Waals surface area contributed by atoms with Gasteiger partial charge in [0, 0.05) is 11.6 Å². The lowest BCUT2D eigenvalue weighted by molar-refractivity contribution is 0.228. The fourth-order valence-corrected chi connectivity index (χ4v) is 1.79. The molecular formula is C9H17N3O2. The number of hydrogen-bond acceptors (Lipinski definition) is 3. The maximum Gasteiger partial charge on any atom is 0.332 e. The number of nitrogens with zero attached hydrogens (tertiary/aromatic N) is 1. The van der Waals surface area contributed by atoms with Gasteiger partial charge in [0.15, 0.2) is 0 Å². The van der Waals surface area contributed by atoms with E-state index in [2.05, 4.69) is 17.5 Å². The predicted octanol–water partition coefficient (Wildman–Crippen LogP) is 0.439. The van der Waals surface area contributed by atoms with Crippen molar-refractivity contribution in [1.82, 2.24) is 5.43 Å². The summed E-state index contributed by atoms with van der Waals surface area (Å²) in [5.74, 6) is 0.685. The standard InChI is InChI=1S/C9H17N3O2/c1-6-2-3-8(7(4-6)5-13)11-12-9(10)14/h6-7,13H,2-5H2,1H3,(H3,10,12,14)/b11-8+. The highest BCUT2D eigenvalue weighted by atomic mass is 16.3. The van der Waals surface area contributed by atoms with E-state index in [4.69, 9.17) is 10.8 Å². The van der Waals surface area contributed by atoms with Crippen molar-refractivity contribution in [1.29, 1.82) is 0 Å². The fraction of sp³-hybridized carbons (Fsp3) is 0.778. The zero-order valence-electron chi connectivity index (χ0n) is 8.36. The summed E-state index contributed by atoms with van der Waals surface area (Å²) in [6.07, 6.45) is 2.80. The minimum Gasteiger partial charge on any atom is -0.396 e. The van der Waals surface area contributed by atoms with Gasteiger partial charge in [0.2, 0.25) is 0 Å². The first kappa shape index (κ1) is 11.0. The van der Waals surface area contributed by atoms with E-state index in [-0.39, 0.29) is 12.5 Å². The second-order valence-corrected chi connectivity index (χ2v) is 3.84. The molecule has 0 aromatic heterocycles. The van der Waals surface area contributed by atoms with E-state index >= 15 is 0 Å². The topological polar surface area (TPSA) is 87.7 Å². The summed E-state index contributed by atoms with van der Waals surface area (Å²) >= 11 is 0. The molecule has 0 radical (unpaired) electrons. The molecule has 0 aliphatic heterocycles. The maximum absolute atomic E-state index is 10.4. The number of hydrazone groups is 1. The Kier molecular flexibility index (Phi) is 3.88. The molecule has 2 amide bonds. The Bertz CT molecular complexity index is 240. The van der Waals surface area contributed by atoms with Crippen LogP contribution >= 0.6 is 0 Å². The van der Waals surface area contributed by atoms with Crippen molar-refractivity contribution in [3.63, 3.8) is 0 Å². The third kappa shape index (κ3) is 2.99. The number of nitrogens with two attached hydrogens (primary N) is 1. The fourth-order valence-electron chi connectivity index (χ4n) is 1.79. The van der Waals surface area contributed by atoms with Gasteiger partial charge in [-0.3, -0.25) is 0 Å². The van der Waals surface area contributed by atoms with Crippen molar-refractivity contribution in [3.05, 3.63) is 0 Å². The highest BCUT2D eigenvalue weighted by molar-refractivity contribution is 5.88. The average molecular weight is 199 g/mol. The summed E-state index contributed by atoms with van der Waals surface area (Å²) < 4.78 is 0. The molecule has 0 aromatic rings. The number of urea groups is 1. The Balaban J connectivity index is 2.57. The zero-order chi connectivity index (χ0) is 10.6. The number of rotatable bonds is 2. The van der Waals surface area contributed by atoms with E-state index in [0.29, 0.717) is 5.92 Å². The molecule has 5 heteroatoms. The van der Waals surface area contributed by atoms with Crippen LogP contribution in [0.3, 0.4) is 0 Å². The Morgan fingerprint density at radius 2 is 2.50 bits per heavy atom. The second-order valence-electron chi connectivity index (χ2n) is 3.84. The van der Waals surface area contributed by atoms with Gasteiger partial charge in [-0.1, -0.05) is 6.92 Å². The highest BCUT2D eigenvalue weighted by Crippen LogP contribution is 2.26. The molecule has 0 saturated heterocycles. The molecule has 1 aliphatic carbocycles. The molecule has 5 nitrogen and oxygen atoms in total. The first-order valence-corrected chi connectivity index (χ1v) is 4.86. The largest absolute Gasteiger partial charge is 0.396 e. The number of nitrogens with one attached hydrogen (secondary N) is 1. The van der Waals surface area contributed by atoms with Gasteiger partial charge in [0.1, 0.15) is 0 Å². The normalized spacial score (nSPS) is 30.3. The van der Waals surface area contributed by atoms with E-state index in [9.17, 15) is 4.79 Å². The molecule has 0 bridgehead atoms. The maximum atomic E-state index is 10.4. The summed E-state index contributed by atoms with van der Waals surface area (Å²) in [5, 5.41) is 13.0. The lowest BCUT2D eigenvalue weighted by atomic mass is 9.81. The summed E-state index contributed by atoms with van der Waals surface area (Å²) in [6, 6.07) is -0.659. The van der Waals surface area contributed by atoms with Gasteiger partial charge in [0.05, 0.1) is 6.61 Å². The van der Waals surface area contributed by atoms with Crippen LogP contribution in [0.5, 0.6) is 0 Å². The van der Waals surface area contributed by atoms with Gasteiger partial charge in [-0.05, 0) is 25.2 Å². The van der Waals surface area contributed by atoms with Crippen LogP contribution in [0.25, 0.3) is 0 Å². The highest BCUT2D eigenvalue weighted by Gasteiger charge is 2.24. The average Bonchev–Trinajstić information content (AvgIpc) is 2.15. The van der Waals surface area contributed by atoms with Crippen LogP contribution in [0.1, 0.15) is 26.2 Å². The smallest absolute Gasteiger partial charge is 0.332 e. The summed E-state index contributed by atoms with van der Waals surface area (Å²) in [4.78, 5) is 10.4. The summed E-state index contributed by atoms with van der Waals surface area (Å²) in [6.45, 7) is 2.24. The molecule has 4 N–H and O–H groups in total. The third-order valence-corrected chi connectivity index (χ3v) is 2.58. The Hall–Kier alpha value is -1.10. The number of primary amides is 1. The van der Waals surface area contributed by atoms with Gasteiger partial charge < -0.3 is 10.8 Å². The van der Waals surface area contributed by atoms with Gasteiger partial charge in [-0.25, -0.2) is 10.2 Å². The first-order chi connectivity index (χ1) is 6.63. The molecule has 1 fully saturated rings. The molecule has 2 atom stereocenters. The van der Waals surface area contributed by atoms with E-state index in [1.165, 1.54) is 0 Å². The molecule has 0 heterocycles. The molecule has 0 aromatic carbocycles.